The van der Waals surface area contributed by atoms with Crippen molar-refractivity contribution in [3.63, 3.8) is 0 Å². The summed E-state index contributed by atoms with van der Waals surface area (Å²) in [6, 6.07) is 7.16. The third-order valence-electron chi connectivity index (χ3n) is 4.95. The van der Waals surface area contributed by atoms with Crippen LogP contribution in [-0.2, 0) is 14.9 Å². The summed E-state index contributed by atoms with van der Waals surface area (Å²) < 4.78 is 33.3. The van der Waals surface area contributed by atoms with Gasteiger partial charge in [0.25, 0.3) is 10.2 Å². The van der Waals surface area contributed by atoms with Gasteiger partial charge in [0.15, 0.2) is 0 Å². The molecule has 2 aromatic rings. The van der Waals surface area contributed by atoms with Crippen molar-refractivity contribution in [3.8, 4) is 0 Å². The fourth-order valence-corrected chi connectivity index (χ4v) is 4.53. The Balaban J connectivity index is 1.85. The number of nitrogens with zero attached hydrogens (tertiary/aromatic N) is 3. The topological polar surface area (TPSA) is 88.9 Å². The molecule has 0 spiro atoms. The Kier molecular flexibility index (Phi) is 5.36. The van der Waals surface area contributed by atoms with E-state index in [1.165, 1.54) is 40.6 Å². The van der Waals surface area contributed by atoms with E-state index in [1.54, 1.807) is 24.3 Å². The molecule has 1 aromatic heterocycles. The Morgan fingerprint density at radius 2 is 1.78 bits per heavy atom. The van der Waals surface area contributed by atoms with Gasteiger partial charge in [0.05, 0.1) is 18.2 Å². The van der Waals surface area contributed by atoms with Crippen molar-refractivity contribution in [1.29, 1.82) is 0 Å². The minimum atomic E-state index is -3.47. The number of hydrogen-bond donors (Lipinski definition) is 0. The molecular weight excluding hydrogens is 370 g/mol. The lowest BCUT2D eigenvalue weighted by Crippen LogP contribution is -2.45. The van der Waals surface area contributed by atoms with Crippen LogP contribution in [0, 0.1) is 5.92 Å². The molecule has 0 amide bonds. The number of fused-ring (bicyclic) bond motifs is 1. The number of benzene rings is 1. The molecule has 27 heavy (non-hydrogen) atoms. The highest BCUT2D eigenvalue weighted by Crippen LogP contribution is 2.27. The molecule has 2 heterocycles. The molecule has 0 bridgehead atoms. The highest BCUT2D eigenvalue weighted by molar-refractivity contribution is 7.86. The summed E-state index contributed by atoms with van der Waals surface area (Å²) in [5.74, 6) is -0.937. The second-order valence-electron chi connectivity index (χ2n) is 6.72. The molecule has 0 aliphatic carbocycles. The SMILES string of the molecule is COC(=O)c1cn(C(=O)C2CCN(S(=O)(=O)N(C)C)CC2)c2ccccc12. The van der Waals surface area contributed by atoms with Gasteiger partial charge in [-0.25, -0.2) is 4.79 Å². The van der Waals surface area contributed by atoms with Gasteiger partial charge in [0.1, 0.15) is 0 Å². The van der Waals surface area contributed by atoms with E-state index < -0.39 is 16.2 Å². The molecule has 1 fully saturated rings. The first-order chi connectivity index (χ1) is 12.8. The van der Waals surface area contributed by atoms with Gasteiger partial charge in [-0.2, -0.15) is 17.0 Å². The molecule has 1 aromatic carbocycles. The smallest absolute Gasteiger partial charge is 0.340 e. The van der Waals surface area contributed by atoms with Gasteiger partial charge in [-0.3, -0.25) is 9.36 Å². The zero-order chi connectivity index (χ0) is 19.8. The van der Waals surface area contributed by atoms with E-state index in [2.05, 4.69) is 0 Å². The van der Waals surface area contributed by atoms with Gasteiger partial charge in [0, 0.05) is 44.7 Å². The fourth-order valence-electron chi connectivity index (χ4n) is 3.40. The number of rotatable bonds is 4. The first-order valence-corrected chi connectivity index (χ1v) is 10.1. The number of ether oxygens (including phenoxy) is 1. The Morgan fingerprint density at radius 1 is 1.15 bits per heavy atom. The summed E-state index contributed by atoms with van der Waals surface area (Å²) >= 11 is 0. The molecule has 0 saturated carbocycles. The first-order valence-electron chi connectivity index (χ1n) is 8.67. The molecule has 8 nitrogen and oxygen atoms in total. The lowest BCUT2D eigenvalue weighted by Gasteiger charge is -2.32. The van der Waals surface area contributed by atoms with Crippen LogP contribution in [0.3, 0.4) is 0 Å². The highest BCUT2D eigenvalue weighted by Gasteiger charge is 2.33. The van der Waals surface area contributed by atoms with Crippen LogP contribution in [0.25, 0.3) is 10.9 Å². The van der Waals surface area contributed by atoms with Crippen molar-refractivity contribution in [3.05, 3.63) is 36.0 Å². The van der Waals surface area contributed by atoms with Gasteiger partial charge in [-0.05, 0) is 18.9 Å². The van der Waals surface area contributed by atoms with Gasteiger partial charge in [-0.1, -0.05) is 18.2 Å². The van der Waals surface area contributed by atoms with E-state index in [0.717, 1.165) is 0 Å². The standard InChI is InChI=1S/C18H23N3O5S/c1-19(2)27(24,25)20-10-8-13(9-11-20)17(22)21-12-15(18(23)26-3)14-6-4-5-7-16(14)21/h4-7,12-13H,8-11H2,1-3H3. The van der Waals surface area contributed by atoms with Gasteiger partial charge in [-0.15, -0.1) is 0 Å². The predicted molar refractivity (Wildman–Crippen MR) is 101 cm³/mol. The van der Waals surface area contributed by atoms with Crippen molar-refractivity contribution in [2.24, 2.45) is 5.92 Å². The number of carbonyl (C=O) groups is 2. The van der Waals surface area contributed by atoms with Crippen LogP contribution < -0.4 is 0 Å². The van der Waals surface area contributed by atoms with Crippen molar-refractivity contribution in [1.82, 2.24) is 13.2 Å². The summed E-state index contributed by atoms with van der Waals surface area (Å²) in [6.07, 6.45) is 2.39. The zero-order valence-electron chi connectivity index (χ0n) is 15.6. The molecular formula is C18H23N3O5S. The monoisotopic (exact) mass is 393 g/mol. The Labute approximate surface area is 158 Å². The molecule has 0 N–H and O–H groups in total. The van der Waals surface area contributed by atoms with E-state index in [1.807, 2.05) is 0 Å². The van der Waals surface area contributed by atoms with E-state index >= 15 is 0 Å². The van der Waals surface area contributed by atoms with E-state index in [9.17, 15) is 18.0 Å². The van der Waals surface area contributed by atoms with E-state index in [4.69, 9.17) is 4.74 Å². The Bertz CT molecular complexity index is 972. The third-order valence-corrected chi connectivity index (χ3v) is 6.89. The van der Waals surface area contributed by atoms with Gasteiger partial charge < -0.3 is 4.74 Å². The second-order valence-corrected chi connectivity index (χ2v) is 8.87. The first kappa shape index (κ1) is 19.5. The molecule has 0 radical (unpaired) electrons. The van der Waals surface area contributed by atoms with Crippen molar-refractivity contribution in [2.45, 2.75) is 12.8 Å². The number of aromatic nitrogens is 1. The second kappa shape index (κ2) is 7.41. The maximum Gasteiger partial charge on any atom is 0.340 e. The maximum atomic E-state index is 13.1. The van der Waals surface area contributed by atoms with Gasteiger partial charge >= 0.3 is 5.97 Å². The summed E-state index contributed by atoms with van der Waals surface area (Å²) in [4.78, 5) is 25.1. The van der Waals surface area contributed by atoms with E-state index in [-0.39, 0.29) is 11.8 Å². The number of carbonyl (C=O) groups excluding carboxylic acids is 2. The molecule has 1 saturated heterocycles. The molecule has 1 aliphatic heterocycles. The highest BCUT2D eigenvalue weighted by atomic mass is 32.2. The average molecular weight is 393 g/mol. The minimum absolute atomic E-state index is 0.136. The minimum Gasteiger partial charge on any atom is -0.465 e. The van der Waals surface area contributed by atoms with E-state index in [0.29, 0.717) is 42.4 Å². The summed E-state index contributed by atoms with van der Waals surface area (Å²) in [5.41, 5.74) is 0.986. The lowest BCUT2D eigenvalue weighted by atomic mass is 9.97. The fraction of sp³-hybridized carbons (Fsp3) is 0.444. The third kappa shape index (κ3) is 3.50. The Hall–Kier alpha value is -2.23. The van der Waals surface area contributed by atoms with Crippen molar-refractivity contribution >= 4 is 33.0 Å². The summed E-state index contributed by atoms with van der Waals surface area (Å²) in [7, 11) is 0.817. The number of para-hydroxylation sites is 1. The number of methoxy groups -OCH3 is 1. The predicted octanol–water partition coefficient (Wildman–Crippen LogP) is 1.59. The quantitative estimate of drug-likeness (QED) is 0.736. The number of piperidine rings is 1. The molecule has 146 valence electrons. The summed E-state index contributed by atoms with van der Waals surface area (Å²) in [6.45, 7) is 0.583. The lowest BCUT2D eigenvalue weighted by molar-refractivity contribution is 0.0603. The molecule has 3 rings (SSSR count). The van der Waals surface area contributed by atoms with Crippen LogP contribution in [0.2, 0.25) is 0 Å². The molecule has 1 aliphatic rings. The Morgan fingerprint density at radius 3 is 2.37 bits per heavy atom. The van der Waals surface area contributed by atoms with Crippen molar-refractivity contribution < 1.29 is 22.7 Å². The normalized spacial score (nSPS) is 16.7. The van der Waals surface area contributed by atoms with Crippen LogP contribution >= 0.6 is 0 Å². The van der Waals surface area contributed by atoms with Crippen LogP contribution in [-0.4, -0.2) is 67.8 Å². The van der Waals surface area contributed by atoms with Crippen LogP contribution in [0.1, 0.15) is 28.0 Å². The van der Waals surface area contributed by atoms with Gasteiger partial charge in [0.2, 0.25) is 5.91 Å². The molecule has 0 unspecified atom stereocenters. The number of esters is 1. The van der Waals surface area contributed by atoms with Crippen molar-refractivity contribution in [2.75, 3.05) is 34.3 Å². The largest absolute Gasteiger partial charge is 0.465 e. The zero-order valence-corrected chi connectivity index (χ0v) is 16.4. The van der Waals surface area contributed by atoms with Crippen LogP contribution in [0.4, 0.5) is 0 Å². The summed E-state index contributed by atoms with van der Waals surface area (Å²) in [5, 5.41) is 0.658. The number of hydrogen-bond acceptors (Lipinski definition) is 5. The maximum absolute atomic E-state index is 13.1. The molecule has 9 heteroatoms. The van der Waals surface area contributed by atoms with Crippen LogP contribution in [0.15, 0.2) is 30.5 Å². The van der Waals surface area contributed by atoms with Crippen LogP contribution in [0.5, 0.6) is 0 Å². The average Bonchev–Trinajstić information content (AvgIpc) is 3.06. The molecule has 0 atom stereocenters.